The molecule has 1 heterocycles. The van der Waals surface area contributed by atoms with Gasteiger partial charge in [-0.1, -0.05) is 25.3 Å². The van der Waals surface area contributed by atoms with Crippen LogP contribution < -0.4 is 10.2 Å². The molecule has 0 spiro atoms. The normalized spacial score (nSPS) is 16.6. The third kappa shape index (κ3) is 5.29. The Kier molecular flexibility index (Phi) is 6.96. The molecule has 0 unspecified atom stereocenters. The van der Waals surface area contributed by atoms with E-state index in [1.807, 2.05) is 12.1 Å². The van der Waals surface area contributed by atoms with Gasteiger partial charge in [-0.15, -0.1) is 0 Å². The van der Waals surface area contributed by atoms with Crippen molar-refractivity contribution in [2.45, 2.75) is 38.6 Å². The molecule has 0 aliphatic carbocycles. The first-order valence-corrected chi connectivity index (χ1v) is 8.04. The van der Waals surface area contributed by atoms with Crippen LogP contribution in [-0.4, -0.2) is 33.4 Å². The van der Waals surface area contributed by atoms with Gasteiger partial charge >= 0.3 is 0 Å². The molecule has 0 radical (unpaired) electrons. The van der Waals surface area contributed by atoms with Gasteiger partial charge in [-0.25, -0.2) is 4.39 Å². The number of halogens is 1. The third-order valence-electron chi connectivity index (χ3n) is 4.02. The van der Waals surface area contributed by atoms with Gasteiger partial charge in [0.25, 0.3) is 0 Å². The van der Waals surface area contributed by atoms with Gasteiger partial charge in [-0.2, -0.15) is 0 Å². The van der Waals surface area contributed by atoms with E-state index in [1.165, 1.54) is 32.1 Å². The minimum absolute atomic E-state index is 0.0957. The zero-order chi connectivity index (χ0) is 14.9. The van der Waals surface area contributed by atoms with Crippen LogP contribution in [0.25, 0.3) is 0 Å². The largest absolute Gasteiger partial charge is 0.383 e. The maximum Gasteiger partial charge on any atom is 0.146 e. The molecule has 21 heavy (non-hydrogen) atoms. The summed E-state index contributed by atoms with van der Waals surface area (Å²) in [5.74, 6) is -0.0957. The van der Waals surface area contributed by atoms with Crippen LogP contribution >= 0.6 is 0 Å². The first-order chi connectivity index (χ1) is 10.3. The molecule has 0 atom stereocenters. The molecular formula is C17H27FN2O. The Bertz CT molecular complexity index is 417. The minimum Gasteiger partial charge on any atom is -0.383 e. The van der Waals surface area contributed by atoms with Crippen molar-refractivity contribution in [3.8, 4) is 0 Å². The Hall–Kier alpha value is -1.13. The molecule has 118 valence electrons. The van der Waals surface area contributed by atoms with Gasteiger partial charge in [0, 0.05) is 33.3 Å². The second kappa shape index (κ2) is 9.00. The number of rotatable bonds is 6. The molecule has 1 aliphatic rings. The summed E-state index contributed by atoms with van der Waals surface area (Å²) in [5.41, 5.74) is 1.75. The predicted molar refractivity (Wildman–Crippen MR) is 85.3 cm³/mol. The molecule has 0 amide bonds. The maximum atomic E-state index is 14.4. The number of methoxy groups -OCH3 is 1. The molecular weight excluding hydrogens is 267 g/mol. The molecule has 0 bridgehead atoms. The lowest BCUT2D eigenvalue weighted by molar-refractivity contribution is 0.199. The van der Waals surface area contributed by atoms with Crippen LogP contribution in [0, 0.1) is 5.82 Å². The Balaban J connectivity index is 1.94. The molecule has 2 rings (SSSR count). The smallest absolute Gasteiger partial charge is 0.146 e. The molecule has 1 N–H and O–H groups in total. The molecule has 4 heteroatoms. The Morgan fingerprint density at radius 1 is 1.14 bits per heavy atom. The van der Waals surface area contributed by atoms with Crippen LogP contribution in [0.3, 0.4) is 0 Å². The fourth-order valence-corrected chi connectivity index (χ4v) is 2.81. The van der Waals surface area contributed by atoms with E-state index < -0.39 is 0 Å². The molecule has 1 aromatic rings. The van der Waals surface area contributed by atoms with Crippen molar-refractivity contribution in [2.24, 2.45) is 0 Å². The van der Waals surface area contributed by atoms with Crippen molar-refractivity contribution in [1.29, 1.82) is 0 Å². The summed E-state index contributed by atoms with van der Waals surface area (Å²) in [6, 6.07) is 5.62. The van der Waals surface area contributed by atoms with E-state index in [0.717, 1.165) is 30.9 Å². The Morgan fingerprint density at radius 3 is 2.52 bits per heavy atom. The summed E-state index contributed by atoms with van der Waals surface area (Å²) in [4.78, 5) is 2.20. The number of hydrogen-bond acceptors (Lipinski definition) is 3. The van der Waals surface area contributed by atoms with Gasteiger partial charge in [-0.3, -0.25) is 0 Å². The monoisotopic (exact) mass is 294 g/mol. The summed E-state index contributed by atoms with van der Waals surface area (Å²) in [6.07, 6.45) is 6.18. The van der Waals surface area contributed by atoms with Crippen LogP contribution in [0.15, 0.2) is 18.2 Å². The predicted octanol–water partition coefficient (Wildman–Crippen LogP) is 3.33. The van der Waals surface area contributed by atoms with Crippen molar-refractivity contribution in [2.75, 3.05) is 38.3 Å². The van der Waals surface area contributed by atoms with Gasteiger partial charge < -0.3 is 15.0 Å². The first kappa shape index (κ1) is 16.2. The average molecular weight is 294 g/mol. The van der Waals surface area contributed by atoms with Crippen LogP contribution in [0.4, 0.5) is 10.1 Å². The summed E-state index contributed by atoms with van der Waals surface area (Å²) < 4.78 is 19.3. The van der Waals surface area contributed by atoms with E-state index in [2.05, 4.69) is 10.2 Å². The molecule has 3 nitrogen and oxygen atoms in total. The minimum atomic E-state index is -0.0957. The molecule has 1 aromatic carbocycles. The van der Waals surface area contributed by atoms with Gasteiger partial charge in [0.2, 0.25) is 0 Å². The molecule has 1 aliphatic heterocycles. The summed E-state index contributed by atoms with van der Waals surface area (Å²) in [7, 11) is 1.68. The molecule has 0 aromatic heterocycles. The molecule has 1 fully saturated rings. The van der Waals surface area contributed by atoms with E-state index in [0.29, 0.717) is 13.2 Å². The fraction of sp³-hybridized carbons (Fsp3) is 0.647. The zero-order valence-corrected chi connectivity index (χ0v) is 13.0. The van der Waals surface area contributed by atoms with E-state index in [4.69, 9.17) is 4.74 Å². The molecule has 1 saturated heterocycles. The number of ether oxygens (including phenoxy) is 1. The van der Waals surface area contributed by atoms with Gasteiger partial charge in [0.15, 0.2) is 0 Å². The lowest BCUT2D eigenvalue weighted by atomic mass is 10.1. The van der Waals surface area contributed by atoms with Crippen LogP contribution in [-0.2, 0) is 11.3 Å². The SMILES string of the molecule is COCCNCc1ccc(N2CCCCCCC2)c(F)c1. The summed E-state index contributed by atoms with van der Waals surface area (Å²) in [5, 5.41) is 3.24. The highest BCUT2D eigenvalue weighted by Gasteiger charge is 2.13. The number of hydrogen-bond donors (Lipinski definition) is 1. The highest BCUT2D eigenvalue weighted by molar-refractivity contribution is 5.49. The number of nitrogens with one attached hydrogen (secondary N) is 1. The van der Waals surface area contributed by atoms with Gasteiger partial charge in [0.05, 0.1) is 12.3 Å². The van der Waals surface area contributed by atoms with Crippen molar-refractivity contribution < 1.29 is 9.13 Å². The third-order valence-corrected chi connectivity index (χ3v) is 4.02. The lowest BCUT2D eigenvalue weighted by Gasteiger charge is -2.27. The highest BCUT2D eigenvalue weighted by Crippen LogP contribution is 2.23. The molecule has 0 saturated carbocycles. The Labute approximate surface area is 127 Å². The quantitative estimate of drug-likeness (QED) is 0.815. The lowest BCUT2D eigenvalue weighted by Crippen LogP contribution is -2.28. The second-order valence-corrected chi connectivity index (χ2v) is 5.71. The number of anilines is 1. The van der Waals surface area contributed by atoms with Crippen LogP contribution in [0.2, 0.25) is 0 Å². The van der Waals surface area contributed by atoms with Crippen LogP contribution in [0.1, 0.15) is 37.7 Å². The topological polar surface area (TPSA) is 24.5 Å². The van der Waals surface area contributed by atoms with Crippen LogP contribution in [0.5, 0.6) is 0 Å². The number of benzene rings is 1. The van der Waals surface area contributed by atoms with E-state index in [-0.39, 0.29) is 5.82 Å². The van der Waals surface area contributed by atoms with E-state index in [1.54, 1.807) is 13.2 Å². The zero-order valence-electron chi connectivity index (χ0n) is 13.0. The van der Waals surface area contributed by atoms with Crippen molar-refractivity contribution in [3.05, 3.63) is 29.6 Å². The standard InChI is InChI=1S/C17H27FN2O/c1-21-12-9-19-14-15-7-8-17(16(18)13-15)20-10-5-3-2-4-6-11-20/h7-8,13,19H,2-6,9-12,14H2,1H3. The average Bonchev–Trinajstić information content (AvgIpc) is 2.44. The van der Waals surface area contributed by atoms with Gasteiger partial charge in [0.1, 0.15) is 5.82 Å². The second-order valence-electron chi connectivity index (χ2n) is 5.71. The maximum absolute atomic E-state index is 14.4. The van der Waals surface area contributed by atoms with E-state index >= 15 is 0 Å². The van der Waals surface area contributed by atoms with Crippen molar-refractivity contribution in [1.82, 2.24) is 5.32 Å². The summed E-state index contributed by atoms with van der Waals surface area (Å²) >= 11 is 0. The van der Waals surface area contributed by atoms with Crippen molar-refractivity contribution >= 4 is 5.69 Å². The van der Waals surface area contributed by atoms with Gasteiger partial charge in [-0.05, 0) is 30.5 Å². The first-order valence-electron chi connectivity index (χ1n) is 8.04. The fourth-order valence-electron chi connectivity index (χ4n) is 2.81. The van der Waals surface area contributed by atoms with E-state index in [9.17, 15) is 4.39 Å². The highest BCUT2D eigenvalue weighted by atomic mass is 19.1. The Morgan fingerprint density at radius 2 is 1.86 bits per heavy atom. The summed E-state index contributed by atoms with van der Waals surface area (Å²) in [6.45, 7) is 4.09. The number of nitrogens with zero attached hydrogens (tertiary/aromatic N) is 1. The van der Waals surface area contributed by atoms with Crippen molar-refractivity contribution in [3.63, 3.8) is 0 Å².